The Balaban J connectivity index is 1.78. The quantitative estimate of drug-likeness (QED) is 0.377. The summed E-state index contributed by atoms with van der Waals surface area (Å²) in [7, 11) is 0. The summed E-state index contributed by atoms with van der Waals surface area (Å²) in [6, 6.07) is 21.0. The number of carbonyl (C=O) groups is 1. The zero-order chi connectivity index (χ0) is 21.1. The number of carbonyl (C=O) groups excluding carboxylic acids is 1. The molecule has 0 aliphatic rings. The van der Waals surface area contributed by atoms with Gasteiger partial charge in [-0.25, -0.2) is 9.78 Å². The molecule has 0 spiro atoms. The molecule has 0 aliphatic heterocycles. The highest BCUT2D eigenvalue weighted by atomic mass is 79.9. The number of nitrogens with zero attached hydrogens (tertiary/aromatic N) is 2. The Bertz CT molecular complexity index is 1240. The molecule has 0 unspecified atom stereocenters. The zero-order valence-electron chi connectivity index (χ0n) is 16.2. The Hall–Kier alpha value is -3.45. The molecule has 4 aromatic rings. The minimum atomic E-state index is -0.340. The van der Waals surface area contributed by atoms with Crippen molar-refractivity contribution in [2.45, 2.75) is 6.92 Å². The first-order valence-electron chi connectivity index (χ1n) is 9.41. The van der Waals surface area contributed by atoms with Gasteiger partial charge < -0.3 is 15.8 Å². The summed E-state index contributed by atoms with van der Waals surface area (Å²) < 4.78 is 6.06. The number of nitrogens with two attached hydrogens (primary N) is 1. The van der Waals surface area contributed by atoms with Crippen LogP contribution in [0.1, 0.15) is 17.3 Å². The predicted octanol–water partition coefficient (Wildman–Crippen LogP) is 5.56. The summed E-state index contributed by atoms with van der Waals surface area (Å²) >= 11 is 3.48. The minimum absolute atomic E-state index is 0.192. The van der Waals surface area contributed by atoms with E-state index >= 15 is 0 Å². The summed E-state index contributed by atoms with van der Waals surface area (Å²) in [6.07, 6.45) is 0. The molecule has 6 nitrogen and oxygen atoms in total. The number of hydrogen-bond donors (Lipinski definition) is 2. The highest BCUT2D eigenvalue weighted by Crippen LogP contribution is 2.30. The maximum absolute atomic E-state index is 12.1. The number of ether oxygens (including phenoxy) is 1. The fourth-order valence-corrected chi connectivity index (χ4v) is 3.56. The lowest BCUT2D eigenvalue weighted by Crippen LogP contribution is -2.04. The highest BCUT2D eigenvalue weighted by Gasteiger charge is 2.11. The minimum Gasteiger partial charge on any atom is -0.462 e. The molecule has 0 saturated carbocycles. The van der Waals surface area contributed by atoms with Crippen molar-refractivity contribution < 1.29 is 9.53 Å². The number of fused-ring (bicyclic) bond motifs is 1. The van der Waals surface area contributed by atoms with Crippen LogP contribution in [0.4, 0.5) is 17.5 Å². The standard InChI is InChI=1S/C23H19BrN4O2/c1-2-30-22(29)16-6-3-5-14(11-16)15-9-10-20-19(12-15)21(28-23(25)27-20)26-18-8-4-7-17(24)13-18/h3-13H,2H2,1H3,(H3,25,26,27,28). The second-order valence-electron chi connectivity index (χ2n) is 6.60. The molecule has 3 aromatic carbocycles. The monoisotopic (exact) mass is 462 g/mol. The third-order valence-electron chi connectivity index (χ3n) is 4.51. The van der Waals surface area contributed by atoms with Gasteiger partial charge in [0.2, 0.25) is 5.95 Å². The number of nitrogen functional groups attached to an aromatic ring is 1. The van der Waals surface area contributed by atoms with Gasteiger partial charge in [-0.05, 0) is 60.5 Å². The van der Waals surface area contributed by atoms with E-state index in [2.05, 4.69) is 31.2 Å². The molecular weight excluding hydrogens is 444 g/mol. The molecule has 7 heteroatoms. The fraction of sp³-hybridized carbons (Fsp3) is 0.0870. The van der Waals surface area contributed by atoms with Crippen molar-refractivity contribution in [2.75, 3.05) is 17.7 Å². The average molecular weight is 463 g/mol. The van der Waals surface area contributed by atoms with Crippen molar-refractivity contribution >= 4 is 50.3 Å². The number of rotatable bonds is 5. The largest absolute Gasteiger partial charge is 0.462 e. The number of esters is 1. The van der Waals surface area contributed by atoms with Gasteiger partial charge >= 0.3 is 5.97 Å². The van der Waals surface area contributed by atoms with Gasteiger partial charge in [-0.15, -0.1) is 0 Å². The lowest BCUT2D eigenvalue weighted by Gasteiger charge is -2.12. The summed E-state index contributed by atoms with van der Waals surface area (Å²) in [5.41, 5.74) is 9.85. The van der Waals surface area contributed by atoms with E-state index in [1.54, 1.807) is 13.0 Å². The Labute approximate surface area is 182 Å². The smallest absolute Gasteiger partial charge is 0.338 e. The molecule has 0 atom stereocenters. The SMILES string of the molecule is CCOC(=O)c1cccc(-c2ccc3nc(N)nc(Nc4cccc(Br)c4)c3c2)c1. The van der Waals surface area contributed by atoms with Crippen molar-refractivity contribution in [1.29, 1.82) is 0 Å². The van der Waals surface area contributed by atoms with Crippen molar-refractivity contribution in [2.24, 2.45) is 0 Å². The maximum atomic E-state index is 12.1. The van der Waals surface area contributed by atoms with Crippen LogP contribution in [0.15, 0.2) is 71.2 Å². The second kappa shape index (κ2) is 8.51. The first-order chi connectivity index (χ1) is 14.5. The number of aromatic nitrogens is 2. The zero-order valence-corrected chi connectivity index (χ0v) is 17.8. The first kappa shape index (κ1) is 19.8. The van der Waals surface area contributed by atoms with Gasteiger partial charge in [0.15, 0.2) is 0 Å². The summed E-state index contributed by atoms with van der Waals surface area (Å²) in [5, 5.41) is 4.14. The molecule has 30 heavy (non-hydrogen) atoms. The molecule has 0 bridgehead atoms. The number of nitrogens with one attached hydrogen (secondary N) is 1. The molecule has 0 amide bonds. The first-order valence-corrected chi connectivity index (χ1v) is 10.2. The van der Waals surface area contributed by atoms with Crippen LogP contribution in [-0.2, 0) is 4.74 Å². The van der Waals surface area contributed by atoms with Crippen molar-refractivity contribution in [3.63, 3.8) is 0 Å². The van der Waals surface area contributed by atoms with Crippen LogP contribution in [-0.4, -0.2) is 22.5 Å². The van der Waals surface area contributed by atoms with Crippen molar-refractivity contribution in [3.05, 3.63) is 76.8 Å². The summed E-state index contributed by atoms with van der Waals surface area (Å²) in [4.78, 5) is 20.8. The van der Waals surface area contributed by atoms with Gasteiger partial charge in [0.25, 0.3) is 0 Å². The van der Waals surface area contributed by atoms with Gasteiger partial charge in [0.05, 0.1) is 17.7 Å². The van der Waals surface area contributed by atoms with E-state index in [1.807, 2.05) is 60.7 Å². The van der Waals surface area contributed by atoms with Crippen LogP contribution in [0, 0.1) is 0 Å². The Morgan fingerprint density at radius 2 is 1.83 bits per heavy atom. The lowest BCUT2D eigenvalue weighted by atomic mass is 10.0. The number of benzene rings is 3. The predicted molar refractivity (Wildman–Crippen MR) is 123 cm³/mol. The molecule has 3 N–H and O–H groups in total. The van der Waals surface area contributed by atoms with E-state index in [1.165, 1.54) is 0 Å². The topological polar surface area (TPSA) is 90.1 Å². The fourth-order valence-electron chi connectivity index (χ4n) is 3.16. The molecular formula is C23H19BrN4O2. The molecule has 0 aliphatic carbocycles. The van der Waals surface area contributed by atoms with Crippen LogP contribution in [0.25, 0.3) is 22.0 Å². The van der Waals surface area contributed by atoms with Gasteiger partial charge in [0.1, 0.15) is 5.82 Å². The molecule has 4 rings (SSSR count). The van der Waals surface area contributed by atoms with E-state index in [4.69, 9.17) is 10.5 Å². The molecule has 0 fully saturated rings. The van der Waals surface area contributed by atoms with Crippen molar-refractivity contribution in [3.8, 4) is 11.1 Å². The Kier molecular flexibility index (Phi) is 5.63. The van der Waals surface area contributed by atoms with Crippen LogP contribution < -0.4 is 11.1 Å². The van der Waals surface area contributed by atoms with Gasteiger partial charge in [-0.1, -0.05) is 40.2 Å². The molecule has 1 heterocycles. The summed E-state index contributed by atoms with van der Waals surface area (Å²) in [5.74, 6) is 0.462. The van der Waals surface area contributed by atoms with E-state index < -0.39 is 0 Å². The van der Waals surface area contributed by atoms with E-state index in [-0.39, 0.29) is 11.9 Å². The normalized spacial score (nSPS) is 10.7. The van der Waals surface area contributed by atoms with Gasteiger partial charge in [-0.2, -0.15) is 4.98 Å². The number of anilines is 3. The maximum Gasteiger partial charge on any atom is 0.338 e. The van der Waals surface area contributed by atoms with E-state index in [0.29, 0.717) is 18.0 Å². The molecule has 150 valence electrons. The number of hydrogen-bond acceptors (Lipinski definition) is 6. The third-order valence-corrected chi connectivity index (χ3v) is 5.00. The third kappa shape index (κ3) is 4.26. The Morgan fingerprint density at radius 3 is 2.63 bits per heavy atom. The average Bonchev–Trinajstić information content (AvgIpc) is 2.74. The van der Waals surface area contributed by atoms with Gasteiger partial charge in [0, 0.05) is 15.5 Å². The van der Waals surface area contributed by atoms with Crippen LogP contribution in [0.2, 0.25) is 0 Å². The number of halogens is 1. The van der Waals surface area contributed by atoms with Crippen LogP contribution in [0.3, 0.4) is 0 Å². The highest BCUT2D eigenvalue weighted by molar-refractivity contribution is 9.10. The molecule has 1 aromatic heterocycles. The lowest BCUT2D eigenvalue weighted by molar-refractivity contribution is 0.0526. The van der Waals surface area contributed by atoms with E-state index in [9.17, 15) is 4.79 Å². The summed E-state index contributed by atoms with van der Waals surface area (Å²) in [6.45, 7) is 2.12. The van der Waals surface area contributed by atoms with Crippen LogP contribution >= 0.6 is 15.9 Å². The molecule has 0 radical (unpaired) electrons. The van der Waals surface area contributed by atoms with Gasteiger partial charge in [-0.3, -0.25) is 0 Å². The second-order valence-corrected chi connectivity index (χ2v) is 7.51. The van der Waals surface area contributed by atoms with Crippen LogP contribution in [0.5, 0.6) is 0 Å². The Morgan fingerprint density at radius 1 is 1.03 bits per heavy atom. The van der Waals surface area contributed by atoms with E-state index in [0.717, 1.165) is 32.2 Å². The van der Waals surface area contributed by atoms with Crippen molar-refractivity contribution in [1.82, 2.24) is 9.97 Å². The molecule has 0 saturated heterocycles.